The summed E-state index contributed by atoms with van der Waals surface area (Å²) in [5, 5.41) is 0. The van der Waals surface area contributed by atoms with E-state index in [1.807, 2.05) is 24.3 Å². The van der Waals surface area contributed by atoms with Gasteiger partial charge in [0.05, 0.1) is 6.10 Å². The Balaban J connectivity index is 1.98. The fourth-order valence-electron chi connectivity index (χ4n) is 2.11. The highest BCUT2D eigenvalue weighted by atomic mass is 19.1. The van der Waals surface area contributed by atoms with Crippen LogP contribution in [0, 0.1) is 5.82 Å². The van der Waals surface area contributed by atoms with Crippen LogP contribution in [0.5, 0.6) is 5.75 Å². The van der Waals surface area contributed by atoms with Gasteiger partial charge in [-0.25, -0.2) is 4.39 Å². The Morgan fingerprint density at radius 2 is 2.00 bits per heavy atom. The molecule has 2 nitrogen and oxygen atoms in total. The highest BCUT2D eigenvalue weighted by Crippen LogP contribution is 2.31. The third kappa shape index (κ3) is 2.76. The second-order valence-electron chi connectivity index (χ2n) is 4.85. The van der Waals surface area contributed by atoms with Crippen LogP contribution in [0.4, 0.5) is 4.39 Å². The molecule has 1 aliphatic carbocycles. The molecule has 3 rings (SSSR count). The third-order valence-corrected chi connectivity index (χ3v) is 3.26. The normalized spacial score (nSPS) is 14.4. The summed E-state index contributed by atoms with van der Waals surface area (Å²) in [6.45, 7) is 0.392. The van der Waals surface area contributed by atoms with Crippen LogP contribution in [0.25, 0.3) is 11.1 Å². The van der Waals surface area contributed by atoms with Crippen molar-refractivity contribution in [3.63, 3.8) is 0 Å². The van der Waals surface area contributed by atoms with E-state index in [0.29, 0.717) is 12.6 Å². The molecule has 0 heterocycles. The van der Waals surface area contributed by atoms with Gasteiger partial charge in [-0.3, -0.25) is 0 Å². The molecule has 1 fully saturated rings. The predicted octanol–water partition coefficient (Wildman–Crippen LogP) is 3.49. The first-order chi connectivity index (χ1) is 9.26. The molecule has 2 aromatic carbocycles. The van der Waals surface area contributed by atoms with Crippen LogP contribution in [-0.2, 0) is 6.54 Å². The van der Waals surface area contributed by atoms with Crippen molar-refractivity contribution in [2.24, 2.45) is 5.73 Å². The molecule has 0 amide bonds. The molecule has 2 aromatic rings. The van der Waals surface area contributed by atoms with Crippen LogP contribution >= 0.6 is 0 Å². The summed E-state index contributed by atoms with van der Waals surface area (Å²) in [4.78, 5) is 0. The number of halogens is 1. The standard InChI is InChI=1S/C16H16FNO/c17-13-5-4-12(10-18)16(9-13)11-2-1-3-15(8-11)19-14-6-7-14/h1-5,8-9,14H,6-7,10,18H2. The summed E-state index contributed by atoms with van der Waals surface area (Å²) >= 11 is 0. The van der Waals surface area contributed by atoms with Crippen molar-refractivity contribution in [3.8, 4) is 16.9 Å². The van der Waals surface area contributed by atoms with Gasteiger partial charge in [-0.2, -0.15) is 0 Å². The lowest BCUT2D eigenvalue weighted by Gasteiger charge is -2.10. The molecule has 0 bridgehead atoms. The van der Waals surface area contributed by atoms with Gasteiger partial charge in [-0.05, 0) is 53.8 Å². The minimum absolute atomic E-state index is 0.249. The first kappa shape index (κ1) is 12.2. The van der Waals surface area contributed by atoms with E-state index in [9.17, 15) is 4.39 Å². The van der Waals surface area contributed by atoms with Crippen molar-refractivity contribution in [2.75, 3.05) is 0 Å². The van der Waals surface area contributed by atoms with E-state index in [1.165, 1.54) is 12.1 Å². The second kappa shape index (κ2) is 5.02. The van der Waals surface area contributed by atoms with Gasteiger partial charge in [0.2, 0.25) is 0 Å². The van der Waals surface area contributed by atoms with Crippen molar-refractivity contribution in [3.05, 3.63) is 53.8 Å². The SMILES string of the molecule is NCc1ccc(F)cc1-c1cccc(OC2CC2)c1. The zero-order valence-electron chi connectivity index (χ0n) is 10.6. The van der Waals surface area contributed by atoms with Crippen molar-refractivity contribution < 1.29 is 9.13 Å². The maximum absolute atomic E-state index is 13.4. The van der Waals surface area contributed by atoms with Crippen LogP contribution in [-0.4, -0.2) is 6.10 Å². The molecule has 0 aromatic heterocycles. The highest BCUT2D eigenvalue weighted by molar-refractivity contribution is 5.68. The van der Waals surface area contributed by atoms with E-state index in [2.05, 4.69) is 0 Å². The molecule has 0 spiro atoms. The topological polar surface area (TPSA) is 35.2 Å². The van der Waals surface area contributed by atoms with Crippen molar-refractivity contribution in [1.82, 2.24) is 0 Å². The van der Waals surface area contributed by atoms with Crippen LogP contribution in [0.2, 0.25) is 0 Å². The minimum Gasteiger partial charge on any atom is -0.490 e. The molecule has 0 aliphatic heterocycles. The van der Waals surface area contributed by atoms with Crippen LogP contribution in [0.1, 0.15) is 18.4 Å². The van der Waals surface area contributed by atoms with Gasteiger partial charge >= 0.3 is 0 Å². The molecule has 19 heavy (non-hydrogen) atoms. The Morgan fingerprint density at radius 1 is 1.16 bits per heavy atom. The number of benzene rings is 2. The van der Waals surface area contributed by atoms with E-state index >= 15 is 0 Å². The summed E-state index contributed by atoms with van der Waals surface area (Å²) in [5.41, 5.74) is 8.43. The van der Waals surface area contributed by atoms with Crippen molar-refractivity contribution >= 4 is 0 Å². The predicted molar refractivity (Wildman–Crippen MR) is 73.4 cm³/mol. The molecule has 0 radical (unpaired) electrons. The first-order valence-electron chi connectivity index (χ1n) is 6.52. The van der Waals surface area contributed by atoms with Gasteiger partial charge in [0.15, 0.2) is 0 Å². The van der Waals surface area contributed by atoms with Gasteiger partial charge in [-0.1, -0.05) is 18.2 Å². The molecule has 1 saturated carbocycles. The van der Waals surface area contributed by atoms with Gasteiger partial charge in [0, 0.05) is 6.54 Å². The van der Waals surface area contributed by atoms with Gasteiger partial charge in [-0.15, -0.1) is 0 Å². The van der Waals surface area contributed by atoms with Crippen molar-refractivity contribution in [2.45, 2.75) is 25.5 Å². The maximum Gasteiger partial charge on any atom is 0.123 e. The average molecular weight is 257 g/mol. The van der Waals surface area contributed by atoms with Gasteiger partial charge in [0.1, 0.15) is 11.6 Å². The molecule has 0 saturated heterocycles. The second-order valence-corrected chi connectivity index (χ2v) is 4.85. The number of hydrogen-bond acceptors (Lipinski definition) is 2. The molecule has 2 N–H and O–H groups in total. The van der Waals surface area contributed by atoms with Crippen LogP contribution in [0.15, 0.2) is 42.5 Å². The number of hydrogen-bond donors (Lipinski definition) is 1. The number of rotatable bonds is 4. The highest BCUT2D eigenvalue weighted by Gasteiger charge is 2.23. The molecule has 98 valence electrons. The zero-order valence-corrected chi connectivity index (χ0v) is 10.6. The summed E-state index contributed by atoms with van der Waals surface area (Å²) in [5.74, 6) is 0.591. The monoisotopic (exact) mass is 257 g/mol. The minimum atomic E-state index is -0.249. The van der Waals surface area contributed by atoms with E-state index in [0.717, 1.165) is 35.3 Å². The van der Waals surface area contributed by atoms with E-state index in [1.54, 1.807) is 6.07 Å². The molecule has 3 heteroatoms. The number of ether oxygens (including phenoxy) is 1. The summed E-state index contributed by atoms with van der Waals surface area (Å²) in [7, 11) is 0. The fraction of sp³-hybridized carbons (Fsp3) is 0.250. The Kier molecular flexibility index (Phi) is 3.22. The lowest BCUT2D eigenvalue weighted by Crippen LogP contribution is -2.00. The van der Waals surface area contributed by atoms with E-state index < -0.39 is 0 Å². The lowest BCUT2D eigenvalue weighted by atomic mass is 9.99. The van der Waals surface area contributed by atoms with Gasteiger partial charge in [0.25, 0.3) is 0 Å². The molecular weight excluding hydrogens is 241 g/mol. The Morgan fingerprint density at radius 3 is 2.74 bits per heavy atom. The maximum atomic E-state index is 13.4. The van der Waals surface area contributed by atoms with Crippen LogP contribution < -0.4 is 10.5 Å². The summed E-state index contributed by atoms with van der Waals surface area (Å²) < 4.78 is 19.2. The summed E-state index contributed by atoms with van der Waals surface area (Å²) in [6.07, 6.45) is 2.60. The number of nitrogens with two attached hydrogens (primary N) is 1. The van der Waals surface area contributed by atoms with E-state index in [-0.39, 0.29) is 5.82 Å². The Labute approximate surface area is 112 Å². The Bertz CT molecular complexity index is 593. The zero-order chi connectivity index (χ0) is 13.2. The quantitative estimate of drug-likeness (QED) is 0.910. The fourth-order valence-corrected chi connectivity index (χ4v) is 2.11. The third-order valence-electron chi connectivity index (χ3n) is 3.26. The lowest BCUT2D eigenvalue weighted by molar-refractivity contribution is 0.303. The van der Waals surface area contributed by atoms with Crippen molar-refractivity contribution in [1.29, 1.82) is 0 Å². The van der Waals surface area contributed by atoms with Crippen LogP contribution in [0.3, 0.4) is 0 Å². The van der Waals surface area contributed by atoms with Gasteiger partial charge < -0.3 is 10.5 Å². The largest absolute Gasteiger partial charge is 0.490 e. The summed E-state index contributed by atoms with van der Waals surface area (Å²) in [6, 6.07) is 12.5. The molecular formula is C16H16FNO. The smallest absolute Gasteiger partial charge is 0.123 e. The Hall–Kier alpha value is -1.87. The first-order valence-corrected chi connectivity index (χ1v) is 6.52. The van der Waals surface area contributed by atoms with E-state index in [4.69, 9.17) is 10.5 Å². The average Bonchev–Trinajstić information content (AvgIpc) is 3.23. The molecule has 0 atom stereocenters. The molecule has 0 unspecified atom stereocenters. The molecule has 1 aliphatic rings.